The number of amides is 2. The second-order valence-corrected chi connectivity index (χ2v) is 7.18. The Labute approximate surface area is 147 Å². The Morgan fingerprint density at radius 1 is 1.24 bits per heavy atom. The Hall–Kier alpha value is -1.69. The first-order valence-electron chi connectivity index (χ1n) is 9.11. The van der Waals surface area contributed by atoms with Gasteiger partial charge in [-0.1, -0.05) is 6.92 Å². The van der Waals surface area contributed by atoms with E-state index in [0.717, 1.165) is 57.1 Å². The summed E-state index contributed by atoms with van der Waals surface area (Å²) < 4.78 is 32.9. The van der Waals surface area contributed by atoms with Crippen molar-refractivity contribution >= 4 is 6.03 Å². The third-order valence-corrected chi connectivity index (χ3v) is 5.70. The van der Waals surface area contributed by atoms with Crippen molar-refractivity contribution in [3.05, 3.63) is 35.4 Å². The molecule has 1 spiro atoms. The number of carbonyl (C=O) groups is 1. The monoisotopic (exact) mass is 352 g/mol. The number of nitrogens with one attached hydrogen (secondary N) is 1. The molecule has 25 heavy (non-hydrogen) atoms. The minimum absolute atomic E-state index is 0.197. The molecule has 0 bridgehead atoms. The van der Waals surface area contributed by atoms with Gasteiger partial charge in [0.05, 0.1) is 6.04 Å². The predicted octanol–water partition coefficient (Wildman–Crippen LogP) is 4.02. The van der Waals surface area contributed by atoms with Gasteiger partial charge in [-0.15, -0.1) is 0 Å². The Bertz CT molecular complexity index is 607. The van der Waals surface area contributed by atoms with Crippen LogP contribution in [-0.4, -0.2) is 37.2 Å². The Morgan fingerprint density at radius 2 is 1.92 bits per heavy atom. The van der Waals surface area contributed by atoms with E-state index in [1.807, 2.05) is 6.92 Å². The predicted molar refractivity (Wildman–Crippen MR) is 91.2 cm³/mol. The number of rotatable bonds is 3. The molecular weight excluding hydrogens is 326 g/mol. The van der Waals surface area contributed by atoms with Crippen molar-refractivity contribution in [1.82, 2.24) is 10.2 Å². The number of hydrogen-bond donors (Lipinski definition) is 1. The zero-order valence-electron chi connectivity index (χ0n) is 14.7. The van der Waals surface area contributed by atoms with Gasteiger partial charge in [-0.25, -0.2) is 13.6 Å². The van der Waals surface area contributed by atoms with Crippen LogP contribution in [0.25, 0.3) is 0 Å². The van der Waals surface area contributed by atoms with E-state index in [2.05, 4.69) is 5.32 Å². The number of urea groups is 1. The molecule has 3 rings (SSSR count). The minimum Gasteiger partial charge on any atom is -0.381 e. The summed E-state index contributed by atoms with van der Waals surface area (Å²) in [4.78, 5) is 14.4. The van der Waals surface area contributed by atoms with Crippen LogP contribution in [-0.2, 0) is 4.74 Å². The van der Waals surface area contributed by atoms with Gasteiger partial charge in [0.25, 0.3) is 0 Å². The first-order valence-corrected chi connectivity index (χ1v) is 9.11. The molecule has 138 valence electrons. The molecule has 1 unspecified atom stereocenters. The summed E-state index contributed by atoms with van der Waals surface area (Å²) in [5, 5.41) is 2.87. The van der Waals surface area contributed by atoms with Crippen LogP contribution in [0.15, 0.2) is 18.2 Å². The molecule has 0 aliphatic carbocycles. The molecule has 2 aliphatic heterocycles. The highest BCUT2D eigenvalue weighted by Gasteiger charge is 2.37. The zero-order chi connectivity index (χ0) is 17.9. The number of halogens is 2. The normalized spacial score (nSPS) is 21.2. The van der Waals surface area contributed by atoms with Crippen LogP contribution >= 0.6 is 0 Å². The molecule has 0 radical (unpaired) electrons. The lowest BCUT2D eigenvalue weighted by molar-refractivity contribution is -0.0146. The largest absolute Gasteiger partial charge is 0.381 e. The maximum absolute atomic E-state index is 14.0. The van der Waals surface area contributed by atoms with E-state index in [-0.39, 0.29) is 11.6 Å². The van der Waals surface area contributed by atoms with Crippen molar-refractivity contribution in [2.24, 2.45) is 5.41 Å². The Morgan fingerprint density at radius 3 is 2.56 bits per heavy atom. The topological polar surface area (TPSA) is 41.6 Å². The molecule has 2 saturated heterocycles. The van der Waals surface area contributed by atoms with E-state index < -0.39 is 17.7 Å². The fourth-order valence-corrected chi connectivity index (χ4v) is 3.91. The molecule has 1 aromatic rings. The molecule has 2 heterocycles. The molecule has 2 amide bonds. The minimum atomic E-state index is -0.526. The number of piperidine rings is 1. The van der Waals surface area contributed by atoms with Gasteiger partial charge in [0.1, 0.15) is 11.6 Å². The smallest absolute Gasteiger partial charge is 0.317 e. The number of nitrogens with zero attached hydrogens (tertiary/aromatic N) is 1. The fourth-order valence-electron chi connectivity index (χ4n) is 3.91. The molecule has 2 fully saturated rings. The van der Waals surface area contributed by atoms with Crippen LogP contribution in [0.5, 0.6) is 0 Å². The Balaban J connectivity index is 1.60. The summed E-state index contributed by atoms with van der Waals surface area (Å²) in [6.07, 6.45) is 4.59. The van der Waals surface area contributed by atoms with Crippen LogP contribution in [0.1, 0.15) is 50.6 Å². The van der Waals surface area contributed by atoms with Gasteiger partial charge < -0.3 is 15.0 Å². The number of benzene rings is 1. The molecule has 2 aliphatic rings. The zero-order valence-corrected chi connectivity index (χ0v) is 14.7. The number of likely N-dealkylation sites (tertiary alicyclic amines) is 1. The van der Waals surface area contributed by atoms with Gasteiger partial charge in [0, 0.05) is 31.9 Å². The van der Waals surface area contributed by atoms with Gasteiger partial charge in [-0.2, -0.15) is 0 Å². The van der Waals surface area contributed by atoms with E-state index >= 15 is 0 Å². The van der Waals surface area contributed by atoms with Crippen LogP contribution < -0.4 is 5.32 Å². The van der Waals surface area contributed by atoms with Gasteiger partial charge >= 0.3 is 6.03 Å². The summed E-state index contributed by atoms with van der Waals surface area (Å²) in [5.41, 5.74) is 0.516. The summed E-state index contributed by atoms with van der Waals surface area (Å²) in [7, 11) is 0. The first kappa shape index (κ1) is 18.1. The highest BCUT2D eigenvalue weighted by Crippen LogP contribution is 2.40. The van der Waals surface area contributed by atoms with E-state index in [1.54, 1.807) is 4.90 Å². The van der Waals surface area contributed by atoms with Gasteiger partial charge in [0.2, 0.25) is 0 Å². The second kappa shape index (κ2) is 7.68. The van der Waals surface area contributed by atoms with E-state index in [0.29, 0.717) is 24.9 Å². The molecule has 6 heteroatoms. The Kier molecular flexibility index (Phi) is 5.57. The third-order valence-electron chi connectivity index (χ3n) is 5.70. The lowest BCUT2D eigenvalue weighted by Crippen LogP contribution is -2.49. The van der Waals surface area contributed by atoms with Crippen molar-refractivity contribution < 1.29 is 18.3 Å². The number of ether oxygens (including phenoxy) is 1. The lowest BCUT2D eigenvalue weighted by Gasteiger charge is -2.44. The van der Waals surface area contributed by atoms with E-state index in [9.17, 15) is 13.6 Å². The van der Waals surface area contributed by atoms with E-state index in [1.165, 1.54) is 0 Å². The highest BCUT2D eigenvalue weighted by atomic mass is 19.1. The molecule has 4 nitrogen and oxygen atoms in total. The van der Waals surface area contributed by atoms with Crippen molar-refractivity contribution in [1.29, 1.82) is 0 Å². The van der Waals surface area contributed by atoms with Gasteiger partial charge in [0.15, 0.2) is 0 Å². The maximum atomic E-state index is 14.0. The number of carbonyl (C=O) groups excluding carboxylic acids is 1. The van der Waals surface area contributed by atoms with Crippen molar-refractivity contribution in [2.45, 2.75) is 45.1 Å². The molecule has 1 N–H and O–H groups in total. The molecule has 1 aromatic carbocycles. The maximum Gasteiger partial charge on any atom is 0.317 e. The fraction of sp³-hybridized carbons (Fsp3) is 0.632. The summed E-state index contributed by atoms with van der Waals surface area (Å²) in [5.74, 6) is -0.989. The molecule has 1 atom stereocenters. The third kappa shape index (κ3) is 4.11. The second-order valence-electron chi connectivity index (χ2n) is 7.18. The summed E-state index contributed by atoms with van der Waals surface area (Å²) in [6, 6.07) is 2.64. The average Bonchev–Trinajstić information content (AvgIpc) is 2.63. The average molecular weight is 352 g/mol. The summed E-state index contributed by atoms with van der Waals surface area (Å²) in [6.45, 7) is 4.87. The van der Waals surface area contributed by atoms with Gasteiger partial charge in [-0.05, 0) is 55.7 Å². The van der Waals surface area contributed by atoms with Crippen molar-refractivity contribution in [3.63, 3.8) is 0 Å². The van der Waals surface area contributed by atoms with Crippen LogP contribution in [0.3, 0.4) is 0 Å². The quantitative estimate of drug-likeness (QED) is 0.893. The van der Waals surface area contributed by atoms with Gasteiger partial charge in [-0.3, -0.25) is 0 Å². The first-order chi connectivity index (χ1) is 12.0. The van der Waals surface area contributed by atoms with Crippen molar-refractivity contribution in [3.8, 4) is 0 Å². The lowest BCUT2D eigenvalue weighted by atomic mass is 9.72. The molecule has 0 saturated carbocycles. The van der Waals surface area contributed by atoms with E-state index in [4.69, 9.17) is 4.74 Å². The van der Waals surface area contributed by atoms with Crippen LogP contribution in [0.2, 0.25) is 0 Å². The SMILES string of the molecule is CCC(NC(=O)N1CCC2(CCOCC2)CC1)c1cc(F)ccc1F. The number of hydrogen-bond acceptors (Lipinski definition) is 2. The standard InChI is InChI=1S/C19H26F2N2O2/c1-2-17(15-13-14(20)3-4-16(15)21)22-18(24)23-9-5-19(6-10-23)7-11-25-12-8-19/h3-4,13,17H,2,5-12H2,1H3,(H,22,24). The highest BCUT2D eigenvalue weighted by molar-refractivity contribution is 5.74. The van der Waals surface area contributed by atoms with Crippen LogP contribution in [0, 0.1) is 17.0 Å². The summed E-state index contributed by atoms with van der Waals surface area (Å²) >= 11 is 0. The van der Waals surface area contributed by atoms with Crippen LogP contribution in [0.4, 0.5) is 13.6 Å². The molecular formula is C19H26F2N2O2. The molecule has 0 aromatic heterocycles. The van der Waals surface area contributed by atoms with Crippen molar-refractivity contribution in [2.75, 3.05) is 26.3 Å².